The average molecular weight is 214 g/mol. The predicted molar refractivity (Wildman–Crippen MR) is 59.7 cm³/mol. The summed E-state index contributed by atoms with van der Waals surface area (Å²) in [6.45, 7) is 3.74. The molecule has 1 atom stereocenters. The van der Waals surface area contributed by atoms with Crippen LogP contribution in [0.5, 0.6) is 0 Å². The quantitative estimate of drug-likeness (QED) is 0.608. The topological polar surface area (TPSA) is 50.4 Å². The molecule has 0 aliphatic heterocycles. The van der Waals surface area contributed by atoms with Crippen molar-refractivity contribution in [2.24, 2.45) is 5.92 Å². The maximum atomic E-state index is 11.3. The van der Waals surface area contributed by atoms with Crippen molar-refractivity contribution in [2.75, 3.05) is 26.8 Å². The molecule has 0 aromatic rings. The van der Waals surface area contributed by atoms with Gasteiger partial charge in [-0.15, -0.1) is 0 Å². The highest BCUT2D eigenvalue weighted by molar-refractivity contribution is 5.77. The number of methoxy groups -OCH3 is 1. The predicted octanol–water partition coefficient (Wildman–Crippen LogP) is 0.527. The number of nitrogens with one attached hydrogen (secondary N) is 2. The van der Waals surface area contributed by atoms with E-state index in [0.717, 1.165) is 5.92 Å². The van der Waals surface area contributed by atoms with Gasteiger partial charge in [0, 0.05) is 19.7 Å². The molecule has 0 radical (unpaired) electrons. The fourth-order valence-corrected chi connectivity index (χ4v) is 1.72. The largest absolute Gasteiger partial charge is 0.383 e. The molecule has 1 amide bonds. The average Bonchev–Trinajstić information content (AvgIpc) is 2.12. The summed E-state index contributed by atoms with van der Waals surface area (Å²) >= 11 is 0. The normalized spacial score (nSPS) is 18.3. The van der Waals surface area contributed by atoms with E-state index in [-0.39, 0.29) is 5.91 Å². The molecule has 1 unspecified atom stereocenters. The number of hydrogen-bond donors (Lipinski definition) is 2. The fourth-order valence-electron chi connectivity index (χ4n) is 1.72. The van der Waals surface area contributed by atoms with Crippen LogP contribution in [0.2, 0.25) is 0 Å². The van der Waals surface area contributed by atoms with E-state index in [1.807, 2.05) is 0 Å². The lowest BCUT2D eigenvalue weighted by atomic mass is 9.80. The van der Waals surface area contributed by atoms with Crippen molar-refractivity contribution >= 4 is 5.91 Å². The first-order valence-electron chi connectivity index (χ1n) is 5.73. The number of hydrogen-bond acceptors (Lipinski definition) is 3. The van der Waals surface area contributed by atoms with Crippen molar-refractivity contribution < 1.29 is 9.53 Å². The standard InChI is InChI=1S/C11H22N2O2/c1-9(10-4-3-5-10)13-8-11(14)12-6-7-15-2/h9-10,13H,3-8H2,1-2H3,(H,12,14). The van der Waals surface area contributed by atoms with Crippen LogP contribution in [-0.2, 0) is 9.53 Å². The highest BCUT2D eigenvalue weighted by Gasteiger charge is 2.23. The van der Waals surface area contributed by atoms with E-state index in [1.165, 1.54) is 19.3 Å². The number of carbonyl (C=O) groups is 1. The van der Waals surface area contributed by atoms with E-state index in [4.69, 9.17) is 4.74 Å². The first-order valence-corrected chi connectivity index (χ1v) is 5.73. The van der Waals surface area contributed by atoms with Gasteiger partial charge in [0.15, 0.2) is 0 Å². The van der Waals surface area contributed by atoms with E-state index >= 15 is 0 Å². The molecule has 0 spiro atoms. The molecule has 1 aliphatic rings. The lowest BCUT2D eigenvalue weighted by Crippen LogP contribution is -2.43. The van der Waals surface area contributed by atoms with Crippen molar-refractivity contribution in [1.29, 1.82) is 0 Å². The van der Waals surface area contributed by atoms with Gasteiger partial charge < -0.3 is 15.4 Å². The molecule has 1 aliphatic carbocycles. The maximum absolute atomic E-state index is 11.3. The minimum atomic E-state index is 0.0539. The SMILES string of the molecule is COCCNC(=O)CNC(C)C1CCC1. The smallest absolute Gasteiger partial charge is 0.234 e. The van der Waals surface area contributed by atoms with Gasteiger partial charge in [0.05, 0.1) is 13.2 Å². The van der Waals surface area contributed by atoms with Gasteiger partial charge in [0.2, 0.25) is 5.91 Å². The maximum Gasteiger partial charge on any atom is 0.234 e. The summed E-state index contributed by atoms with van der Waals surface area (Å²) in [5, 5.41) is 6.05. The van der Waals surface area contributed by atoms with Crippen molar-refractivity contribution in [3.8, 4) is 0 Å². The summed E-state index contributed by atoms with van der Waals surface area (Å²) in [5.41, 5.74) is 0. The van der Waals surface area contributed by atoms with Crippen LogP contribution < -0.4 is 10.6 Å². The second kappa shape index (κ2) is 6.80. The van der Waals surface area contributed by atoms with Gasteiger partial charge in [0.25, 0.3) is 0 Å². The second-order valence-corrected chi connectivity index (χ2v) is 4.20. The number of ether oxygens (including phenoxy) is 1. The molecule has 4 nitrogen and oxygen atoms in total. The van der Waals surface area contributed by atoms with Gasteiger partial charge in [-0.2, -0.15) is 0 Å². The third-order valence-electron chi connectivity index (χ3n) is 3.07. The molecule has 1 rings (SSSR count). The number of carbonyl (C=O) groups excluding carboxylic acids is 1. The summed E-state index contributed by atoms with van der Waals surface area (Å²) in [4.78, 5) is 11.3. The lowest BCUT2D eigenvalue weighted by molar-refractivity contribution is -0.120. The van der Waals surface area contributed by atoms with Crippen LogP contribution in [0.3, 0.4) is 0 Å². The third kappa shape index (κ3) is 4.62. The van der Waals surface area contributed by atoms with Gasteiger partial charge in [-0.3, -0.25) is 4.79 Å². The Morgan fingerprint density at radius 1 is 1.53 bits per heavy atom. The van der Waals surface area contributed by atoms with Crippen LogP contribution >= 0.6 is 0 Å². The first-order chi connectivity index (χ1) is 7.24. The number of rotatable bonds is 7. The first kappa shape index (κ1) is 12.5. The zero-order valence-electron chi connectivity index (χ0n) is 9.71. The van der Waals surface area contributed by atoms with Gasteiger partial charge >= 0.3 is 0 Å². The molecule has 0 heterocycles. The Bertz CT molecular complexity index is 193. The lowest BCUT2D eigenvalue weighted by Gasteiger charge is -2.31. The molecule has 0 aromatic carbocycles. The van der Waals surface area contributed by atoms with E-state index in [9.17, 15) is 4.79 Å². The van der Waals surface area contributed by atoms with Gasteiger partial charge in [-0.25, -0.2) is 0 Å². The second-order valence-electron chi connectivity index (χ2n) is 4.20. The van der Waals surface area contributed by atoms with Gasteiger partial charge in [0.1, 0.15) is 0 Å². The third-order valence-corrected chi connectivity index (χ3v) is 3.07. The van der Waals surface area contributed by atoms with Gasteiger partial charge in [-0.05, 0) is 25.7 Å². The Morgan fingerprint density at radius 3 is 2.80 bits per heavy atom. The van der Waals surface area contributed by atoms with Gasteiger partial charge in [-0.1, -0.05) is 6.42 Å². The Balaban J connectivity index is 2.00. The Hall–Kier alpha value is -0.610. The highest BCUT2D eigenvalue weighted by atomic mass is 16.5. The summed E-state index contributed by atoms with van der Waals surface area (Å²) in [5.74, 6) is 0.829. The summed E-state index contributed by atoms with van der Waals surface area (Å²) < 4.78 is 4.85. The molecule has 1 saturated carbocycles. The fraction of sp³-hybridized carbons (Fsp3) is 0.909. The van der Waals surface area contributed by atoms with E-state index < -0.39 is 0 Å². The molecule has 0 aromatic heterocycles. The molecule has 88 valence electrons. The summed E-state index contributed by atoms with van der Waals surface area (Å²) in [6.07, 6.45) is 3.95. The van der Waals surface area contributed by atoms with Crippen molar-refractivity contribution in [2.45, 2.75) is 32.2 Å². The van der Waals surface area contributed by atoms with Crippen molar-refractivity contribution in [3.63, 3.8) is 0 Å². The summed E-state index contributed by atoms with van der Waals surface area (Å²) in [6, 6.07) is 0.465. The molecular weight excluding hydrogens is 192 g/mol. The molecule has 0 bridgehead atoms. The van der Waals surface area contributed by atoms with E-state index in [2.05, 4.69) is 17.6 Å². The van der Waals surface area contributed by atoms with Crippen LogP contribution in [0, 0.1) is 5.92 Å². The van der Waals surface area contributed by atoms with E-state index in [0.29, 0.717) is 25.7 Å². The van der Waals surface area contributed by atoms with Crippen LogP contribution in [0.1, 0.15) is 26.2 Å². The minimum absolute atomic E-state index is 0.0539. The monoisotopic (exact) mass is 214 g/mol. The molecule has 15 heavy (non-hydrogen) atoms. The molecule has 2 N–H and O–H groups in total. The van der Waals surface area contributed by atoms with Crippen LogP contribution in [0.15, 0.2) is 0 Å². The molecular formula is C11H22N2O2. The Labute approximate surface area is 91.8 Å². The van der Waals surface area contributed by atoms with Crippen molar-refractivity contribution in [3.05, 3.63) is 0 Å². The van der Waals surface area contributed by atoms with Crippen LogP contribution in [-0.4, -0.2) is 38.8 Å². The molecule has 1 fully saturated rings. The zero-order chi connectivity index (χ0) is 11.1. The molecule has 0 saturated heterocycles. The van der Waals surface area contributed by atoms with Crippen LogP contribution in [0.4, 0.5) is 0 Å². The van der Waals surface area contributed by atoms with Crippen molar-refractivity contribution in [1.82, 2.24) is 10.6 Å². The Morgan fingerprint density at radius 2 is 2.27 bits per heavy atom. The van der Waals surface area contributed by atoms with E-state index in [1.54, 1.807) is 7.11 Å². The zero-order valence-corrected chi connectivity index (χ0v) is 9.71. The highest BCUT2D eigenvalue weighted by Crippen LogP contribution is 2.29. The Kier molecular flexibility index (Phi) is 5.65. The minimum Gasteiger partial charge on any atom is -0.383 e. The number of amides is 1. The summed E-state index contributed by atoms with van der Waals surface area (Å²) in [7, 11) is 1.63. The van der Waals surface area contributed by atoms with Crippen LogP contribution in [0.25, 0.3) is 0 Å². The molecule has 4 heteroatoms.